The summed E-state index contributed by atoms with van der Waals surface area (Å²) in [6.07, 6.45) is 3.03. The lowest BCUT2D eigenvalue weighted by molar-refractivity contribution is 0.298. The molecule has 0 fully saturated rings. The van der Waals surface area contributed by atoms with Crippen LogP contribution in [0.25, 0.3) is 0 Å². The SMILES string of the molecule is O=S(=O)(Cl)c1cc(Cl)ccc1OCc1ccncc1Cl. The Labute approximate surface area is 130 Å². The van der Waals surface area contributed by atoms with E-state index in [4.69, 9.17) is 38.6 Å². The molecule has 0 aliphatic carbocycles. The van der Waals surface area contributed by atoms with Crippen LogP contribution in [-0.2, 0) is 15.7 Å². The molecule has 8 heteroatoms. The molecule has 106 valence electrons. The Morgan fingerprint density at radius 2 is 1.95 bits per heavy atom. The lowest BCUT2D eigenvalue weighted by Crippen LogP contribution is -2.01. The predicted molar refractivity (Wildman–Crippen MR) is 78.1 cm³/mol. The predicted octanol–water partition coefficient (Wildman–Crippen LogP) is 3.89. The summed E-state index contributed by atoms with van der Waals surface area (Å²) >= 11 is 11.7. The van der Waals surface area contributed by atoms with Gasteiger partial charge in [-0.3, -0.25) is 4.98 Å². The minimum Gasteiger partial charge on any atom is -0.487 e. The van der Waals surface area contributed by atoms with Gasteiger partial charge in [0.15, 0.2) is 0 Å². The van der Waals surface area contributed by atoms with Gasteiger partial charge in [-0.25, -0.2) is 8.42 Å². The fourth-order valence-electron chi connectivity index (χ4n) is 1.47. The van der Waals surface area contributed by atoms with Crippen molar-refractivity contribution in [3.8, 4) is 5.75 Å². The second kappa shape index (κ2) is 6.18. The number of ether oxygens (including phenoxy) is 1. The number of hydrogen-bond acceptors (Lipinski definition) is 4. The maximum atomic E-state index is 11.5. The van der Waals surface area contributed by atoms with E-state index in [2.05, 4.69) is 4.98 Å². The van der Waals surface area contributed by atoms with Gasteiger partial charge in [-0.15, -0.1) is 0 Å². The highest BCUT2D eigenvalue weighted by Crippen LogP contribution is 2.30. The van der Waals surface area contributed by atoms with Crippen molar-refractivity contribution in [3.05, 3.63) is 52.3 Å². The summed E-state index contributed by atoms with van der Waals surface area (Å²) in [5, 5.41) is 0.676. The molecule has 0 aliphatic heterocycles. The fourth-order valence-corrected chi connectivity index (χ4v) is 2.88. The first-order valence-corrected chi connectivity index (χ1v) is 8.40. The number of nitrogens with zero attached hydrogens (tertiary/aromatic N) is 1. The smallest absolute Gasteiger partial charge is 0.265 e. The van der Waals surface area contributed by atoms with E-state index >= 15 is 0 Å². The van der Waals surface area contributed by atoms with Crippen LogP contribution in [-0.4, -0.2) is 13.4 Å². The molecule has 0 amide bonds. The van der Waals surface area contributed by atoms with Gasteiger partial charge in [0.25, 0.3) is 9.05 Å². The van der Waals surface area contributed by atoms with Gasteiger partial charge in [-0.05, 0) is 24.3 Å². The molecular formula is C12H8Cl3NO3S. The highest BCUT2D eigenvalue weighted by Gasteiger charge is 2.18. The van der Waals surface area contributed by atoms with Crippen molar-refractivity contribution in [1.29, 1.82) is 0 Å². The first-order valence-electron chi connectivity index (χ1n) is 5.33. The molecular weight excluding hydrogens is 345 g/mol. The van der Waals surface area contributed by atoms with E-state index in [9.17, 15) is 8.42 Å². The molecule has 0 atom stereocenters. The molecule has 2 aromatic rings. The number of pyridine rings is 1. The Morgan fingerprint density at radius 3 is 2.60 bits per heavy atom. The minimum absolute atomic E-state index is 0.0857. The van der Waals surface area contributed by atoms with Crippen LogP contribution >= 0.6 is 33.9 Å². The first-order chi connectivity index (χ1) is 9.38. The number of rotatable bonds is 4. The quantitative estimate of drug-likeness (QED) is 0.783. The minimum atomic E-state index is -3.95. The van der Waals surface area contributed by atoms with Crippen LogP contribution in [0.15, 0.2) is 41.6 Å². The molecule has 1 aromatic heterocycles. The molecule has 20 heavy (non-hydrogen) atoms. The standard InChI is InChI=1S/C12H8Cl3NO3S/c13-9-1-2-11(12(5-9)20(15,17)18)19-7-8-3-4-16-6-10(8)14/h1-6H,7H2. The second-order valence-electron chi connectivity index (χ2n) is 3.78. The Balaban J connectivity index is 2.29. The summed E-state index contributed by atoms with van der Waals surface area (Å²) in [5.74, 6) is 0.109. The van der Waals surface area contributed by atoms with Gasteiger partial charge in [-0.1, -0.05) is 23.2 Å². The molecule has 0 spiro atoms. The normalized spacial score (nSPS) is 11.3. The molecule has 2 rings (SSSR count). The molecule has 0 N–H and O–H groups in total. The van der Waals surface area contributed by atoms with Crippen LogP contribution in [0.2, 0.25) is 10.0 Å². The molecule has 1 heterocycles. The summed E-state index contributed by atoms with van der Waals surface area (Å²) in [4.78, 5) is 3.66. The van der Waals surface area contributed by atoms with E-state index in [1.165, 1.54) is 24.4 Å². The molecule has 1 aromatic carbocycles. The highest BCUT2D eigenvalue weighted by molar-refractivity contribution is 8.13. The van der Waals surface area contributed by atoms with E-state index in [-0.39, 0.29) is 22.3 Å². The zero-order valence-electron chi connectivity index (χ0n) is 9.89. The second-order valence-corrected chi connectivity index (χ2v) is 7.16. The third kappa shape index (κ3) is 3.76. The summed E-state index contributed by atoms with van der Waals surface area (Å²) in [6.45, 7) is 0.0857. The summed E-state index contributed by atoms with van der Waals surface area (Å²) in [7, 11) is 1.39. The van der Waals surface area contributed by atoms with Crippen LogP contribution in [0.3, 0.4) is 0 Å². The maximum Gasteiger partial charge on any atom is 0.265 e. The topological polar surface area (TPSA) is 56.3 Å². The largest absolute Gasteiger partial charge is 0.487 e. The lowest BCUT2D eigenvalue weighted by Gasteiger charge is -2.10. The molecule has 0 saturated carbocycles. The van der Waals surface area contributed by atoms with Crippen molar-refractivity contribution >= 4 is 42.9 Å². The van der Waals surface area contributed by atoms with E-state index in [0.717, 1.165) is 0 Å². The zero-order chi connectivity index (χ0) is 14.8. The third-order valence-electron chi connectivity index (χ3n) is 2.41. The van der Waals surface area contributed by atoms with E-state index < -0.39 is 9.05 Å². The Bertz CT molecular complexity index is 734. The van der Waals surface area contributed by atoms with Gasteiger partial charge in [0.1, 0.15) is 17.3 Å². The number of hydrogen-bond donors (Lipinski definition) is 0. The third-order valence-corrected chi connectivity index (χ3v) is 4.33. The van der Waals surface area contributed by atoms with Gasteiger partial charge in [0.2, 0.25) is 0 Å². The monoisotopic (exact) mass is 351 g/mol. The summed E-state index contributed by atoms with van der Waals surface area (Å²) in [5.41, 5.74) is 0.675. The molecule has 0 unspecified atom stereocenters. The van der Waals surface area contributed by atoms with E-state index in [0.29, 0.717) is 10.6 Å². The average molecular weight is 353 g/mol. The number of aromatic nitrogens is 1. The Kier molecular flexibility index (Phi) is 4.75. The van der Waals surface area contributed by atoms with E-state index in [1.807, 2.05) is 0 Å². The Morgan fingerprint density at radius 1 is 1.20 bits per heavy atom. The first kappa shape index (κ1) is 15.4. The molecule has 0 saturated heterocycles. The number of halogens is 3. The van der Waals surface area contributed by atoms with Gasteiger partial charge in [-0.2, -0.15) is 0 Å². The summed E-state index contributed by atoms with van der Waals surface area (Å²) < 4.78 is 28.4. The van der Waals surface area contributed by atoms with Crippen LogP contribution in [0.5, 0.6) is 5.75 Å². The Hall–Kier alpha value is -1.01. The van der Waals surface area contributed by atoms with Gasteiger partial charge in [0, 0.05) is 33.7 Å². The molecule has 0 bridgehead atoms. The van der Waals surface area contributed by atoms with Crippen molar-refractivity contribution in [3.63, 3.8) is 0 Å². The van der Waals surface area contributed by atoms with Gasteiger partial charge < -0.3 is 4.74 Å². The van der Waals surface area contributed by atoms with Crippen molar-refractivity contribution in [2.45, 2.75) is 11.5 Å². The number of benzene rings is 1. The highest BCUT2D eigenvalue weighted by atomic mass is 35.7. The fraction of sp³-hybridized carbons (Fsp3) is 0.0833. The summed E-state index contributed by atoms with van der Waals surface area (Å²) in [6, 6.07) is 5.85. The average Bonchev–Trinajstić information content (AvgIpc) is 2.38. The van der Waals surface area contributed by atoms with Crippen LogP contribution in [0.1, 0.15) is 5.56 Å². The molecule has 0 radical (unpaired) electrons. The van der Waals surface area contributed by atoms with E-state index in [1.54, 1.807) is 12.3 Å². The van der Waals surface area contributed by atoms with Gasteiger partial charge in [0.05, 0.1) is 5.02 Å². The lowest BCUT2D eigenvalue weighted by atomic mass is 10.3. The van der Waals surface area contributed by atoms with Crippen molar-refractivity contribution in [2.24, 2.45) is 0 Å². The maximum absolute atomic E-state index is 11.5. The van der Waals surface area contributed by atoms with Crippen LogP contribution in [0.4, 0.5) is 0 Å². The van der Waals surface area contributed by atoms with Crippen molar-refractivity contribution in [1.82, 2.24) is 4.98 Å². The zero-order valence-corrected chi connectivity index (χ0v) is 13.0. The van der Waals surface area contributed by atoms with Crippen LogP contribution < -0.4 is 4.74 Å². The van der Waals surface area contributed by atoms with Crippen molar-refractivity contribution in [2.75, 3.05) is 0 Å². The van der Waals surface area contributed by atoms with Crippen molar-refractivity contribution < 1.29 is 13.2 Å². The van der Waals surface area contributed by atoms with Crippen LogP contribution in [0, 0.1) is 0 Å². The van der Waals surface area contributed by atoms with Gasteiger partial charge >= 0.3 is 0 Å². The molecule has 0 aliphatic rings. The molecule has 4 nitrogen and oxygen atoms in total.